The van der Waals surface area contributed by atoms with E-state index in [1.807, 2.05) is 0 Å². The summed E-state index contributed by atoms with van der Waals surface area (Å²) in [5.41, 5.74) is 8.19. The molecular formula is C20H33N5. The second kappa shape index (κ2) is 5.75. The summed E-state index contributed by atoms with van der Waals surface area (Å²) in [7, 11) is 0. The molecule has 1 aromatic heterocycles. The van der Waals surface area contributed by atoms with Crippen molar-refractivity contribution in [1.29, 1.82) is 0 Å². The van der Waals surface area contributed by atoms with Gasteiger partial charge in [0, 0.05) is 25.7 Å². The van der Waals surface area contributed by atoms with Crippen LogP contribution in [0.5, 0.6) is 0 Å². The zero-order valence-electron chi connectivity index (χ0n) is 16.3. The highest BCUT2D eigenvalue weighted by atomic mass is 15.3. The molecule has 2 N–H and O–H groups in total. The number of nitrogen functional groups attached to an aromatic ring is 1. The molecule has 0 aromatic carbocycles. The molecule has 0 amide bonds. The van der Waals surface area contributed by atoms with E-state index in [4.69, 9.17) is 5.73 Å². The van der Waals surface area contributed by atoms with Gasteiger partial charge in [0.2, 0.25) is 0 Å². The van der Waals surface area contributed by atoms with Crippen molar-refractivity contribution in [2.45, 2.75) is 65.8 Å². The van der Waals surface area contributed by atoms with E-state index in [1.54, 1.807) is 6.33 Å². The van der Waals surface area contributed by atoms with Gasteiger partial charge in [-0.25, -0.2) is 9.97 Å². The van der Waals surface area contributed by atoms with Gasteiger partial charge in [0.15, 0.2) is 11.6 Å². The summed E-state index contributed by atoms with van der Waals surface area (Å²) in [4.78, 5) is 14.1. The Morgan fingerprint density at radius 3 is 2.68 bits per heavy atom. The first-order chi connectivity index (χ1) is 11.8. The van der Waals surface area contributed by atoms with Crippen molar-refractivity contribution >= 4 is 17.3 Å². The third-order valence-electron chi connectivity index (χ3n) is 6.49. The Hall–Kier alpha value is -1.52. The molecule has 3 unspecified atom stereocenters. The first-order valence-electron chi connectivity index (χ1n) is 9.88. The van der Waals surface area contributed by atoms with Crippen LogP contribution < -0.4 is 15.5 Å². The maximum absolute atomic E-state index is 6.62. The number of rotatable bonds is 2. The minimum atomic E-state index is 0.379. The van der Waals surface area contributed by atoms with Crippen LogP contribution in [0, 0.1) is 16.7 Å². The van der Waals surface area contributed by atoms with Crippen LogP contribution >= 0.6 is 0 Å². The molecule has 4 rings (SSSR count). The Balaban J connectivity index is 1.64. The molecule has 1 aromatic rings. The molecular weight excluding hydrogens is 310 g/mol. The second-order valence-corrected chi connectivity index (χ2v) is 9.97. The lowest BCUT2D eigenvalue weighted by atomic mass is 9.65. The average Bonchev–Trinajstić information content (AvgIpc) is 2.76. The SMILES string of the molecule is CC1CCCN(c2ncnc(N3CC4(C)CC3CC(C)(C)C4)c2N)C1. The van der Waals surface area contributed by atoms with Crippen LogP contribution in [0.2, 0.25) is 0 Å². The number of fused-ring (bicyclic) bond motifs is 2. The molecule has 0 radical (unpaired) electrons. The molecule has 25 heavy (non-hydrogen) atoms. The van der Waals surface area contributed by atoms with E-state index in [0.29, 0.717) is 22.8 Å². The molecule has 5 heteroatoms. The number of nitrogens with zero attached hydrogens (tertiary/aromatic N) is 4. The van der Waals surface area contributed by atoms with Crippen LogP contribution in [-0.2, 0) is 0 Å². The van der Waals surface area contributed by atoms with Gasteiger partial charge in [0.25, 0.3) is 0 Å². The van der Waals surface area contributed by atoms with Gasteiger partial charge in [-0.2, -0.15) is 0 Å². The smallest absolute Gasteiger partial charge is 0.157 e. The highest BCUT2D eigenvalue weighted by molar-refractivity contribution is 5.76. The molecule has 2 saturated heterocycles. The van der Waals surface area contributed by atoms with E-state index in [-0.39, 0.29) is 0 Å². The second-order valence-electron chi connectivity index (χ2n) is 9.97. The predicted octanol–water partition coefficient (Wildman–Crippen LogP) is 3.70. The van der Waals surface area contributed by atoms with Crippen molar-refractivity contribution in [2.24, 2.45) is 16.7 Å². The van der Waals surface area contributed by atoms with Crippen molar-refractivity contribution in [3.8, 4) is 0 Å². The van der Waals surface area contributed by atoms with Crippen molar-refractivity contribution in [1.82, 2.24) is 9.97 Å². The lowest BCUT2D eigenvalue weighted by Gasteiger charge is -2.39. The van der Waals surface area contributed by atoms with Gasteiger partial charge in [0.05, 0.1) is 0 Å². The van der Waals surface area contributed by atoms with Crippen LogP contribution in [0.3, 0.4) is 0 Å². The fraction of sp³-hybridized carbons (Fsp3) is 0.800. The van der Waals surface area contributed by atoms with Gasteiger partial charge in [-0.05, 0) is 48.9 Å². The first-order valence-corrected chi connectivity index (χ1v) is 9.88. The lowest BCUT2D eigenvalue weighted by molar-refractivity contribution is 0.136. The van der Waals surface area contributed by atoms with Crippen molar-refractivity contribution in [3.63, 3.8) is 0 Å². The normalized spacial score (nSPS) is 34.4. The Bertz CT molecular complexity index is 657. The summed E-state index contributed by atoms with van der Waals surface area (Å²) >= 11 is 0. The average molecular weight is 344 g/mol. The number of hydrogen-bond donors (Lipinski definition) is 1. The fourth-order valence-corrected chi connectivity index (χ4v) is 5.95. The standard InChI is InChI=1S/C20H33N5/c1-14-6-5-7-24(10-14)17-16(21)18(23-13-22-17)25-12-20(4)9-15(25)8-19(2,3)11-20/h13-15H,5-12,21H2,1-4H3. The Labute approximate surface area is 152 Å². The number of aromatic nitrogens is 2. The Morgan fingerprint density at radius 2 is 1.92 bits per heavy atom. The summed E-state index contributed by atoms with van der Waals surface area (Å²) in [5, 5.41) is 0. The molecule has 1 aliphatic carbocycles. The van der Waals surface area contributed by atoms with Crippen molar-refractivity contribution in [3.05, 3.63) is 6.33 Å². The van der Waals surface area contributed by atoms with Crippen LogP contribution in [0.4, 0.5) is 17.3 Å². The molecule has 3 fully saturated rings. The molecule has 3 atom stereocenters. The maximum Gasteiger partial charge on any atom is 0.157 e. The highest BCUT2D eigenvalue weighted by Crippen LogP contribution is 2.54. The molecule has 5 nitrogen and oxygen atoms in total. The van der Waals surface area contributed by atoms with E-state index < -0.39 is 0 Å². The molecule has 2 bridgehead atoms. The predicted molar refractivity (Wildman–Crippen MR) is 104 cm³/mol. The fourth-order valence-electron chi connectivity index (χ4n) is 5.95. The van der Waals surface area contributed by atoms with Crippen LogP contribution in [0.1, 0.15) is 59.8 Å². The van der Waals surface area contributed by atoms with Gasteiger partial charge >= 0.3 is 0 Å². The van der Waals surface area contributed by atoms with Gasteiger partial charge in [0.1, 0.15) is 12.0 Å². The largest absolute Gasteiger partial charge is 0.393 e. The summed E-state index contributed by atoms with van der Waals surface area (Å²) in [5.74, 6) is 2.62. The minimum Gasteiger partial charge on any atom is -0.393 e. The Kier molecular flexibility index (Phi) is 3.89. The third kappa shape index (κ3) is 3.06. The summed E-state index contributed by atoms with van der Waals surface area (Å²) < 4.78 is 0. The molecule has 3 aliphatic rings. The van der Waals surface area contributed by atoms with E-state index in [0.717, 1.165) is 37.0 Å². The van der Waals surface area contributed by atoms with Crippen LogP contribution in [0.15, 0.2) is 6.33 Å². The maximum atomic E-state index is 6.62. The van der Waals surface area contributed by atoms with E-state index in [2.05, 4.69) is 47.5 Å². The van der Waals surface area contributed by atoms with Crippen LogP contribution in [-0.4, -0.2) is 35.6 Å². The van der Waals surface area contributed by atoms with E-state index in [9.17, 15) is 0 Å². The van der Waals surface area contributed by atoms with Gasteiger partial charge in [-0.1, -0.05) is 27.7 Å². The Morgan fingerprint density at radius 1 is 1.16 bits per heavy atom. The summed E-state index contributed by atoms with van der Waals surface area (Å²) in [6.07, 6.45) is 8.01. The quantitative estimate of drug-likeness (QED) is 0.887. The zero-order chi connectivity index (χ0) is 17.8. The topological polar surface area (TPSA) is 58.3 Å². The number of nitrogens with two attached hydrogens (primary N) is 1. The zero-order valence-corrected chi connectivity index (χ0v) is 16.3. The summed E-state index contributed by atoms with van der Waals surface area (Å²) in [6.45, 7) is 12.7. The van der Waals surface area contributed by atoms with E-state index >= 15 is 0 Å². The first kappa shape index (κ1) is 16.9. The molecule has 0 spiro atoms. The molecule has 138 valence electrons. The van der Waals surface area contributed by atoms with Gasteiger partial charge in [-0.3, -0.25) is 0 Å². The lowest BCUT2D eigenvalue weighted by Crippen LogP contribution is -2.37. The monoisotopic (exact) mass is 343 g/mol. The minimum absolute atomic E-state index is 0.379. The highest BCUT2D eigenvalue weighted by Gasteiger charge is 2.50. The molecule has 3 heterocycles. The van der Waals surface area contributed by atoms with Crippen molar-refractivity contribution in [2.75, 3.05) is 35.2 Å². The summed E-state index contributed by atoms with van der Waals surface area (Å²) in [6, 6.07) is 0.555. The number of piperidine rings is 1. The van der Waals surface area contributed by atoms with Crippen LogP contribution in [0.25, 0.3) is 0 Å². The molecule has 1 saturated carbocycles. The number of hydrogen-bond acceptors (Lipinski definition) is 5. The third-order valence-corrected chi connectivity index (χ3v) is 6.49. The van der Waals surface area contributed by atoms with Gasteiger partial charge in [-0.15, -0.1) is 0 Å². The molecule has 2 aliphatic heterocycles. The van der Waals surface area contributed by atoms with E-state index in [1.165, 1.54) is 32.1 Å². The van der Waals surface area contributed by atoms with Gasteiger partial charge < -0.3 is 15.5 Å². The number of anilines is 3. The van der Waals surface area contributed by atoms with Crippen molar-refractivity contribution < 1.29 is 0 Å².